The number of hydrogen-bond acceptors (Lipinski definition) is 8. The molecule has 3 heterocycles. The van der Waals surface area contributed by atoms with E-state index in [1.54, 1.807) is 25.3 Å². The number of carbonyl (C=O) groups is 3. The fourth-order valence-corrected chi connectivity index (χ4v) is 4.29. The summed E-state index contributed by atoms with van der Waals surface area (Å²) < 4.78 is 21.8. The molecule has 2 aromatic carbocycles. The quantitative estimate of drug-likeness (QED) is 0.531. The summed E-state index contributed by atoms with van der Waals surface area (Å²) in [5.41, 5.74) is 1.39. The summed E-state index contributed by atoms with van der Waals surface area (Å²) in [4.78, 5) is 41.6. The van der Waals surface area contributed by atoms with Gasteiger partial charge in [-0.25, -0.2) is 9.69 Å². The monoisotopic (exact) mass is 465 g/mol. The van der Waals surface area contributed by atoms with Gasteiger partial charge in [0, 0.05) is 30.8 Å². The fraction of sp³-hybridized carbons (Fsp3) is 0.292. The Balaban J connectivity index is 1.53. The summed E-state index contributed by atoms with van der Waals surface area (Å²) in [6.45, 7) is 1.87. The molecule has 2 fully saturated rings. The third-order valence-electron chi connectivity index (χ3n) is 5.99. The number of urea groups is 1. The van der Waals surface area contributed by atoms with E-state index >= 15 is 0 Å². The predicted octanol–water partition coefficient (Wildman–Crippen LogP) is 2.70. The maximum atomic E-state index is 13.3. The minimum absolute atomic E-state index is 0.0532. The lowest BCUT2D eigenvalue weighted by Gasteiger charge is -2.27. The van der Waals surface area contributed by atoms with Crippen LogP contribution >= 0.6 is 0 Å². The summed E-state index contributed by atoms with van der Waals surface area (Å²) in [6.07, 6.45) is 3.59. The molecule has 5 rings (SSSR count). The summed E-state index contributed by atoms with van der Waals surface area (Å²) >= 11 is 0. The number of imide groups is 2. The molecule has 2 saturated heterocycles. The molecule has 3 aliphatic heterocycles. The average Bonchev–Trinajstić information content (AvgIpc) is 3.53. The number of carbonyl (C=O) groups excluding carboxylic acids is 3. The number of anilines is 2. The Hall–Kier alpha value is -4.21. The highest BCUT2D eigenvalue weighted by molar-refractivity contribution is 6.39. The van der Waals surface area contributed by atoms with E-state index in [0.717, 1.165) is 36.5 Å². The second-order valence-corrected chi connectivity index (χ2v) is 7.96. The highest BCUT2D eigenvalue weighted by Crippen LogP contribution is 2.39. The van der Waals surface area contributed by atoms with E-state index in [0.29, 0.717) is 28.6 Å². The second kappa shape index (κ2) is 8.62. The highest BCUT2D eigenvalue weighted by atomic mass is 16.7. The Kier molecular flexibility index (Phi) is 5.48. The van der Waals surface area contributed by atoms with Gasteiger partial charge in [-0.2, -0.15) is 0 Å². The number of methoxy groups -OCH3 is 2. The first kappa shape index (κ1) is 21.6. The van der Waals surface area contributed by atoms with Gasteiger partial charge in [0.1, 0.15) is 17.1 Å². The average molecular weight is 465 g/mol. The fourth-order valence-electron chi connectivity index (χ4n) is 4.29. The molecule has 176 valence electrons. The van der Waals surface area contributed by atoms with Crippen molar-refractivity contribution in [2.75, 3.05) is 43.9 Å². The first-order valence-electron chi connectivity index (χ1n) is 10.8. The van der Waals surface area contributed by atoms with Crippen molar-refractivity contribution in [3.8, 4) is 23.0 Å². The molecule has 0 atom stereocenters. The van der Waals surface area contributed by atoms with E-state index in [-0.39, 0.29) is 18.1 Å². The Bertz CT molecular complexity index is 1220. The van der Waals surface area contributed by atoms with Crippen LogP contribution in [0.2, 0.25) is 0 Å². The maximum absolute atomic E-state index is 13.3. The molecule has 0 spiro atoms. The summed E-state index contributed by atoms with van der Waals surface area (Å²) in [5, 5.41) is 2.23. The smallest absolute Gasteiger partial charge is 0.335 e. The van der Waals surface area contributed by atoms with Crippen molar-refractivity contribution in [2.24, 2.45) is 0 Å². The Morgan fingerprint density at radius 1 is 0.941 bits per heavy atom. The number of amides is 4. The van der Waals surface area contributed by atoms with Gasteiger partial charge in [0.05, 0.1) is 25.6 Å². The zero-order valence-corrected chi connectivity index (χ0v) is 18.8. The van der Waals surface area contributed by atoms with Crippen LogP contribution in [-0.2, 0) is 9.59 Å². The van der Waals surface area contributed by atoms with Gasteiger partial charge in [0.25, 0.3) is 11.8 Å². The van der Waals surface area contributed by atoms with Gasteiger partial charge in [-0.1, -0.05) is 0 Å². The lowest BCUT2D eigenvalue weighted by molar-refractivity contribution is -0.122. The molecule has 0 unspecified atom stereocenters. The van der Waals surface area contributed by atoms with Crippen LogP contribution in [0.1, 0.15) is 18.4 Å². The van der Waals surface area contributed by atoms with Crippen molar-refractivity contribution < 1.29 is 33.3 Å². The van der Waals surface area contributed by atoms with Crippen LogP contribution in [0.15, 0.2) is 35.9 Å². The van der Waals surface area contributed by atoms with Gasteiger partial charge in [0.2, 0.25) is 6.79 Å². The summed E-state index contributed by atoms with van der Waals surface area (Å²) in [7, 11) is 3.08. The van der Waals surface area contributed by atoms with Crippen molar-refractivity contribution in [1.29, 1.82) is 0 Å². The Labute approximate surface area is 195 Å². The number of fused-ring (bicyclic) bond motifs is 1. The number of benzene rings is 2. The van der Waals surface area contributed by atoms with Crippen LogP contribution in [0.5, 0.6) is 23.0 Å². The Morgan fingerprint density at radius 3 is 2.41 bits per heavy atom. The summed E-state index contributed by atoms with van der Waals surface area (Å²) in [5.74, 6) is 0.429. The number of ether oxygens (including phenoxy) is 4. The normalized spacial score (nSPS) is 18.5. The van der Waals surface area contributed by atoms with Crippen LogP contribution in [0, 0.1) is 0 Å². The topological polar surface area (TPSA) is 107 Å². The molecule has 10 heteroatoms. The molecule has 1 N–H and O–H groups in total. The molecular formula is C24H23N3O7. The molecule has 0 radical (unpaired) electrons. The van der Waals surface area contributed by atoms with Crippen LogP contribution in [0.3, 0.4) is 0 Å². The third-order valence-corrected chi connectivity index (χ3v) is 5.99. The van der Waals surface area contributed by atoms with Crippen molar-refractivity contribution in [3.63, 3.8) is 0 Å². The largest absolute Gasteiger partial charge is 0.496 e. The SMILES string of the molecule is COc1cc(N2CCCC2)c(OC)cc1/C=C1\C(=O)NC(=O)N(c2ccc3c(c2)OCO3)C1=O. The van der Waals surface area contributed by atoms with Crippen LogP contribution in [-0.4, -0.2) is 51.9 Å². The van der Waals surface area contributed by atoms with Gasteiger partial charge < -0.3 is 23.8 Å². The van der Waals surface area contributed by atoms with Gasteiger partial charge in [-0.3, -0.25) is 14.9 Å². The minimum atomic E-state index is -0.847. The van der Waals surface area contributed by atoms with E-state index in [2.05, 4.69) is 10.2 Å². The van der Waals surface area contributed by atoms with Crippen molar-refractivity contribution in [1.82, 2.24) is 5.32 Å². The number of barbiturate groups is 1. The number of rotatable bonds is 5. The molecule has 4 amide bonds. The zero-order chi connectivity index (χ0) is 23.8. The van der Waals surface area contributed by atoms with E-state index in [1.807, 2.05) is 6.07 Å². The van der Waals surface area contributed by atoms with Gasteiger partial charge >= 0.3 is 6.03 Å². The van der Waals surface area contributed by atoms with E-state index < -0.39 is 17.8 Å². The van der Waals surface area contributed by atoms with E-state index in [9.17, 15) is 14.4 Å². The van der Waals surface area contributed by atoms with Gasteiger partial charge in [-0.15, -0.1) is 0 Å². The molecule has 10 nitrogen and oxygen atoms in total. The zero-order valence-electron chi connectivity index (χ0n) is 18.8. The molecule has 34 heavy (non-hydrogen) atoms. The lowest BCUT2D eigenvalue weighted by Crippen LogP contribution is -2.54. The molecule has 0 saturated carbocycles. The lowest BCUT2D eigenvalue weighted by atomic mass is 10.0. The van der Waals surface area contributed by atoms with Gasteiger partial charge in [0.15, 0.2) is 11.5 Å². The van der Waals surface area contributed by atoms with Gasteiger partial charge in [-0.05, 0) is 37.1 Å². The second-order valence-electron chi connectivity index (χ2n) is 7.96. The third kappa shape index (κ3) is 3.66. The van der Waals surface area contributed by atoms with Crippen molar-refractivity contribution in [2.45, 2.75) is 12.8 Å². The number of nitrogens with zero attached hydrogens (tertiary/aromatic N) is 2. The maximum Gasteiger partial charge on any atom is 0.335 e. The minimum Gasteiger partial charge on any atom is -0.496 e. The molecule has 3 aliphatic rings. The standard InChI is InChI=1S/C24H23N3O7/c1-31-19-12-17(26-7-3-4-8-26)20(32-2)10-14(19)9-16-22(28)25-24(30)27(23(16)29)15-5-6-18-21(11-15)34-13-33-18/h5-6,9-12H,3-4,7-8,13H2,1-2H3,(H,25,28,30)/b16-9+. The van der Waals surface area contributed by atoms with E-state index in [4.69, 9.17) is 18.9 Å². The van der Waals surface area contributed by atoms with Crippen LogP contribution < -0.4 is 34.1 Å². The Morgan fingerprint density at radius 2 is 1.68 bits per heavy atom. The van der Waals surface area contributed by atoms with Crippen LogP contribution in [0.4, 0.5) is 16.2 Å². The first-order chi connectivity index (χ1) is 16.5. The number of nitrogens with one attached hydrogen (secondary N) is 1. The highest BCUT2D eigenvalue weighted by Gasteiger charge is 2.37. The summed E-state index contributed by atoms with van der Waals surface area (Å²) in [6, 6.07) is 7.38. The predicted molar refractivity (Wildman–Crippen MR) is 123 cm³/mol. The molecule has 0 aromatic heterocycles. The van der Waals surface area contributed by atoms with Crippen molar-refractivity contribution >= 4 is 35.3 Å². The molecule has 0 bridgehead atoms. The molecule has 2 aromatic rings. The van der Waals surface area contributed by atoms with Crippen LogP contribution in [0.25, 0.3) is 6.08 Å². The first-order valence-corrected chi connectivity index (χ1v) is 10.8. The molecule has 0 aliphatic carbocycles. The molecular weight excluding hydrogens is 442 g/mol. The van der Waals surface area contributed by atoms with Crippen molar-refractivity contribution in [3.05, 3.63) is 41.5 Å². The van der Waals surface area contributed by atoms with E-state index in [1.165, 1.54) is 19.3 Å². The number of hydrogen-bond donors (Lipinski definition) is 1.